The zero-order valence-electron chi connectivity index (χ0n) is 19.8. The first-order valence-corrected chi connectivity index (χ1v) is 11.6. The summed E-state index contributed by atoms with van der Waals surface area (Å²) in [7, 11) is 0. The molecule has 1 saturated carbocycles. The molecule has 0 bridgehead atoms. The van der Waals surface area contributed by atoms with Gasteiger partial charge in [0.15, 0.2) is 0 Å². The number of nitrogens with one attached hydrogen (secondary N) is 1. The van der Waals surface area contributed by atoms with Gasteiger partial charge < -0.3 is 19.1 Å². The van der Waals surface area contributed by atoms with Crippen LogP contribution >= 0.6 is 0 Å². The van der Waals surface area contributed by atoms with E-state index in [1.807, 2.05) is 12.1 Å². The average Bonchev–Trinajstić information content (AvgIpc) is 3.40. The molecule has 1 N–H and O–H groups in total. The van der Waals surface area contributed by atoms with Crippen molar-refractivity contribution < 1.29 is 22.4 Å². The van der Waals surface area contributed by atoms with E-state index in [-0.39, 0.29) is 17.2 Å². The number of halogens is 3. The summed E-state index contributed by atoms with van der Waals surface area (Å²) in [6.07, 6.45) is 1.71. The van der Waals surface area contributed by atoms with Crippen molar-refractivity contribution in [3.63, 3.8) is 0 Å². The van der Waals surface area contributed by atoms with Gasteiger partial charge in [-0.1, -0.05) is 32.0 Å². The number of aromatic nitrogens is 3. The summed E-state index contributed by atoms with van der Waals surface area (Å²) in [6.45, 7) is 6.88. The summed E-state index contributed by atoms with van der Waals surface area (Å²) in [6, 6.07) is 12.0. The Morgan fingerprint density at radius 3 is 2.51 bits per heavy atom. The van der Waals surface area contributed by atoms with Crippen LogP contribution in [0.2, 0.25) is 0 Å². The van der Waals surface area contributed by atoms with E-state index in [0.29, 0.717) is 17.6 Å². The lowest BCUT2D eigenvalue weighted by Gasteiger charge is -2.40. The van der Waals surface area contributed by atoms with E-state index in [0.717, 1.165) is 41.4 Å². The highest BCUT2D eigenvalue weighted by molar-refractivity contribution is 5.85. The molecule has 0 spiro atoms. The molecule has 0 aliphatic heterocycles. The molecule has 2 aromatic heterocycles. The lowest BCUT2D eigenvalue weighted by Crippen LogP contribution is -2.29. The number of benzene rings is 2. The Balaban J connectivity index is 1.54. The van der Waals surface area contributed by atoms with Crippen LogP contribution in [-0.2, 0) is 0 Å². The van der Waals surface area contributed by atoms with Gasteiger partial charge in [-0.2, -0.15) is 0 Å². The Morgan fingerprint density at radius 2 is 1.86 bits per heavy atom. The number of alkyl halides is 3. The fraction of sp³-hybridized carbons (Fsp3) is 0.385. The van der Waals surface area contributed by atoms with Crippen molar-refractivity contribution in [1.29, 1.82) is 0 Å². The molecule has 35 heavy (non-hydrogen) atoms. The van der Waals surface area contributed by atoms with Crippen LogP contribution in [0, 0.1) is 11.3 Å². The van der Waals surface area contributed by atoms with Crippen molar-refractivity contribution in [2.45, 2.75) is 52.4 Å². The number of fused-ring (bicyclic) bond motifs is 1. The molecule has 9 heteroatoms. The van der Waals surface area contributed by atoms with Gasteiger partial charge in [0.1, 0.15) is 12.0 Å². The van der Waals surface area contributed by atoms with Gasteiger partial charge in [0.25, 0.3) is 0 Å². The summed E-state index contributed by atoms with van der Waals surface area (Å²) >= 11 is 0. The van der Waals surface area contributed by atoms with Crippen molar-refractivity contribution in [2.24, 2.45) is 11.3 Å². The maximum absolute atomic E-state index is 12.5. The normalized spacial score (nSPS) is 20.2. The van der Waals surface area contributed by atoms with Crippen molar-refractivity contribution in [2.75, 3.05) is 5.32 Å². The molecule has 5 rings (SSSR count). The van der Waals surface area contributed by atoms with E-state index in [4.69, 9.17) is 9.51 Å². The number of hydrogen-bond acceptors (Lipinski definition) is 5. The first kappa shape index (κ1) is 23.3. The van der Waals surface area contributed by atoms with Gasteiger partial charge in [0.05, 0.1) is 17.2 Å². The quantitative estimate of drug-likeness (QED) is 0.314. The standard InChI is InChI=1S/C26H27F3N4O2/c1-16-10-20(13-25(2,3)12-16)33-23-9-4-17(18-14-30-34-15-18)11-22(23)32-24(33)31-19-5-7-21(8-6-19)35-26(27,28)29/h4-9,11,14-16,20H,10,12-13H2,1-3H3,(H,31,32)/t16-,20+/m1/s1. The molecule has 1 aliphatic carbocycles. The monoisotopic (exact) mass is 484 g/mol. The first-order chi connectivity index (χ1) is 16.6. The first-order valence-electron chi connectivity index (χ1n) is 11.6. The number of nitrogens with zero attached hydrogens (tertiary/aromatic N) is 3. The van der Waals surface area contributed by atoms with Crippen LogP contribution in [0.1, 0.15) is 46.1 Å². The van der Waals surface area contributed by atoms with Gasteiger partial charge in [0, 0.05) is 17.3 Å². The number of hydrogen-bond donors (Lipinski definition) is 1. The lowest BCUT2D eigenvalue weighted by molar-refractivity contribution is -0.274. The molecule has 184 valence electrons. The molecule has 2 aromatic carbocycles. The third kappa shape index (κ3) is 5.13. The summed E-state index contributed by atoms with van der Waals surface area (Å²) in [5.41, 5.74) is 4.44. The second-order valence-corrected chi connectivity index (χ2v) is 10.2. The largest absolute Gasteiger partial charge is 0.573 e. The van der Waals surface area contributed by atoms with Crippen LogP contribution in [0.25, 0.3) is 22.2 Å². The predicted octanol–water partition coefficient (Wildman–Crippen LogP) is 7.72. The number of ether oxygens (including phenoxy) is 1. The van der Waals surface area contributed by atoms with Crippen LogP contribution in [0.5, 0.6) is 5.75 Å². The Hall–Kier alpha value is -3.49. The van der Waals surface area contributed by atoms with Gasteiger partial charge >= 0.3 is 6.36 Å². The van der Waals surface area contributed by atoms with Gasteiger partial charge in [-0.15, -0.1) is 13.2 Å². The van der Waals surface area contributed by atoms with E-state index in [2.05, 4.69) is 46.6 Å². The van der Waals surface area contributed by atoms with E-state index >= 15 is 0 Å². The Morgan fingerprint density at radius 1 is 1.09 bits per heavy atom. The van der Waals surface area contributed by atoms with Gasteiger partial charge in [-0.25, -0.2) is 4.98 Å². The third-order valence-electron chi connectivity index (χ3n) is 6.53. The van der Waals surface area contributed by atoms with Gasteiger partial charge in [-0.05, 0) is 72.6 Å². The smallest absolute Gasteiger partial charge is 0.406 e. The van der Waals surface area contributed by atoms with Crippen LogP contribution < -0.4 is 10.1 Å². The van der Waals surface area contributed by atoms with Crippen LogP contribution in [-0.4, -0.2) is 21.1 Å². The van der Waals surface area contributed by atoms with Crippen LogP contribution in [0.15, 0.2) is 59.4 Å². The molecule has 4 aromatic rings. The molecule has 1 aliphatic rings. The highest BCUT2D eigenvalue weighted by Gasteiger charge is 2.35. The minimum absolute atomic E-state index is 0.190. The number of anilines is 2. The lowest BCUT2D eigenvalue weighted by atomic mass is 9.70. The molecular formula is C26H27F3N4O2. The van der Waals surface area contributed by atoms with Gasteiger partial charge in [-0.3, -0.25) is 0 Å². The summed E-state index contributed by atoms with van der Waals surface area (Å²) < 4.78 is 48.8. The molecule has 0 amide bonds. The maximum atomic E-state index is 12.5. The SMILES string of the molecule is C[C@@H]1C[C@H](n2c(Nc3ccc(OC(F)(F)F)cc3)nc3cc(-c4cnoc4)ccc32)CC(C)(C)C1. The molecule has 0 unspecified atom stereocenters. The molecule has 1 fully saturated rings. The molecule has 0 radical (unpaired) electrons. The third-order valence-corrected chi connectivity index (χ3v) is 6.53. The summed E-state index contributed by atoms with van der Waals surface area (Å²) in [4.78, 5) is 4.90. The second kappa shape index (κ2) is 8.62. The molecule has 2 atom stereocenters. The Kier molecular flexibility index (Phi) is 5.73. The maximum Gasteiger partial charge on any atom is 0.573 e. The number of imidazole rings is 1. The van der Waals surface area contributed by atoms with E-state index < -0.39 is 6.36 Å². The van der Waals surface area contributed by atoms with Crippen molar-refractivity contribution >= 4 is 22.7 Å². The summed E-state index contributed by atoms with van der Waals surface area (Å²) in [5, 5.41) is 7.12. The zero-order valence-corrected chi connectivity index (χ0v) is 19.8. The minimum atomic E-state index is -4.73. The van der Waals surface area contributed by atoms with E-state index in [9.17, 15) is 13.2 Å². The second-order valence-electron chi connectivity index (χ2n) is 10.2. The molecular weight excluding hydrogens is 457 g/mol. The van der Waals surface area contributed by atoms with Crippen LogP contribution in [0.3, 0.4) is 0 Å². The zero-order chi connectivity index (χ0) is 24.8. The fourth-order valence-electron chi connectivity index (χ4n) is 5.44. The van der Waals surface area contributed by atoms with Crippen LogP contribution in [0.4, 0.5) is 24.8 Å². The average molecular weight is 485 g/mol. The van der Waals surface area contributed by atoms with E-state index in [1.165, 1.54) is 12.1 Å². The highest BCUT2D eigenvalue weighted by Crippen LogP contribution is 2.46. The molecule has 2 heterocycles. The van der Waals surface area contributed by atoms with E-state index in [1.54, 1.807) is 24.6 Å². The van der Waals surface area contributed by atoms with Crippen molar-refractivity contribution in [3.8, 4) is 16.9 Å². The molecule has 6 nitrogen and oxygen atoms in total. The number of rotatable bonds is 5. The summed E-state index contributed by atoms with van der Waals surface area (Å²) in [5.74, 6) is 0.948. The topological polar surface area (TPSA) is 65.1 Å². The Bertz CT molecular complexity index is 1310. The fourth-order valence-corrected chi connectivity index (χ4v) is 5.44. The van der Waals surface area contributed by atoms with Crippen molar-refractivity contribution in [3.05, 3.63) is 54.9 Å². The molecule has 0 saturated heterocycles. The Labute approximate surface area is 201 Å². The highest BCUT2D eigenvalue weighted by atomic mass is 19.4. The minimum Gasteiger partial charge on any atom is -0.406 e. The van der Waals surface area contributed by atoms with Gasteiger partial charge in [0.2, 0.25) is 5.95 Å². The van der Waals surface area contributed by atoms with Crippen molar-refractivity contribution in [1.82, 2.24) is 14.7 Å². The predicted molar refractivity (Wildman–Crippen MR) is 127 cm³/mol.